The van der Waals surface area contributed by atoms with Crippen LogP contribution in [0.4, 0.5) is 5.69 Å². The van der Waals surface area contributed by atoms with Crippen LogP contribution in [0, 0.1) is 5.92 Å². The second-order valence-electron chi connectivity index (χ2n) is 10.2. The SMILES string of the molecule is CN1C[C@H](C(=O)N2CCN(c3ccc4nonc4c3)CC2)C[C@@H]2c3cccc4[nH]c(Cl)c(c34)C[C@H]21. The van der Waals surface area contributed by atoms with Gasteiger partial charge in [-0.15, -0.1) is 0 Å². The van der Waals surface area contributed by atoms with E-state index < -0.39 is 0 Å². The Kier molecular flexibility index (Phi) is 4.82. The molecule has 2 aromatic carbocycles. The van der Waals surface area contributed by atoms with Crippen LogP contribution in [0.2, 0.25) is 5.15 Å². The number of aromatic amines is 1. The molecule has 1 N–H and O–H groups in total. The number of amides is 1. The van der Waals surface area contributed by atoms with E-state index in [1.165, 1.54) is 16.5 Å². The summed E-state index contributed by atoms with van der Waals surface area (Å²) in [6.45, 7) is 3.87. The number of nitrogens with one attached hydrogen (secondary N) is 1. The third-order valence-corrected chi connectivity index (χ3v) is 8.66. The van der Waals surface area contributed by atoms with Crippen molar-refractivity contribution in [2.24, 2.45) is 5.92 Å². The molecule has 3 aliphatic rings. The number of benzene rings is 2. The van der Waals surface area contributed by atoms with Gasteiger partial charge >= 0.3 is 0 Å². The van der Waals surface area contributed by atoms with Crippen molar-refractivity contribution in [3.05, 3.63) is 52.7 Å². The van der Waals surface area contributed by atoms with Crippen molar-refractivity contribution in [2.75, 3.05) is 44.7 Å². The predicted octanol–water partition coefficient (Wildman–Crippen LogP) is 3.67. The van der Waals surface area contributed by atoms with Gasteiger partial charge in [-0.2, -0.15) is 0 Å². The maximum absolute atomic E-state index is 13.7. The molecule has 1 aliphatic carbocycles. The number of nitrogens with zero attached hydrogens (tertiary/aromatic N) is 5. The highest BCUT2D eigenvalue weighted by Gasteiger charge is 2.43. The first-order chi connectivity index (χ1) is 17.1. The van der Waals surface area contributed by atoms with Crippen molar-refractivity contribution < 1.29 is 9.42 Å². The van der Waals surface area contributed by atoms with Gasteiger partial charge in [-0.05, 0) is 65.6 Å². The number of fused-ring (bicyclic) bond motifs is 3. The molecule has 0 radical (unpaired) electrons. The van der Waals surface area contributed by atoms with Crippen LogP contribution in [-0.4, -0.2) is 76.8 Å². The minimum Gasteiger partial charge on any atom is -0.368 e. The van der Waals surface area contributed by atoms with Crippen molar-refractivity contribution >= 4 is 45.1 Å². The molecule has 4 aromatic rings. The molecular formula is C26H27ClN6O2. The quantitative estimate of drug-likeness (QED) is 0.462. The Hall–Kier alpha value is -3.10. The Morgan fingerprint density at radius 2 is 1.94 bits per heavy atom. The summed E-state index contributed by atoms with van der Waals surface area (Å²) in [5.41, 5.74) is 6.28. The standard InChI is InChI=1S/C26H27ClN6O2/c1-31-14-15(11-18-17-3-2-4-21-24(17)19(13-23(18)31)25(27)28-21)26(34)33-9-7-32(8-10-33)16-5-6-20-22(12-16)30-35-29-20/h2-6,12,15,18,23,28H,7-11,13-14H2,1H3/t15-,18-,23-/m1/s1. The average Bonchev–Trinajstić information content (AvgIpc) is 3.48. The molecular weight excluding hydrogens is 464 g/mol. The van der Waals surface area contributed by atoms with Gasteiger partial charge in [0.2, 0.25) is 5.91 Å². The van der Waals surface area contributed by atoms with Gasteiger partial charge in [-0.25, -0.2) is 4.63 Å². The minimum absolute atomic E-state index is 0.0107. The summed E-state index contributed by atoms with van der Waals surface area (Å²) >= 11 is 6.56. The summed E-state index contributed by atoms with van der Waals surface area (Å²) < 4.78 is 4.82. The molecule has 2 saturated heterocycles. The van der Waals surface area contributed by atoms with E-state index in [1.807, 2.05) is 18.2 Å². The highest BCUT2D eigenvalue weighted by atomic mass is 35.5. The Bertz CT molecular complexity index is 1440. The van der Waals surface area contributed by atoms with Crippen LogP contribution < -0.4 is 4.90 Å². The lowest BCUT2D eigenvalue weighted by Crippen LogP contribution is -2.55. The number of carbonyl (C=O) groups excluding carboxylic acids is 1. The number of H-pyrrole nitrogens is 1. The normalized spacial score (nSPS) is 24.8. The molecule has 2 aliphatic heterocycles. The first-order valence-electron chi connectivity index (χ1n) is 12.3. The molecule has 0 bridgehead atoms. The van der Waals surface area contributed by atoms with Gasteiger partial charge in [0.15, 0.2) is 0 Å². The number of carbonyl (C=O) groups is 1. The summed E-state index contributed by atoms with van der Waals surface area (Å²) in [6.07, 6.45) is 1.83. The monoisotopic (exact) mass is 490 g/mol. The number of hydrogen-bond donors (Lipinski definition) is 1. The first kappa shape index (κ1) is 21.2. The fourth-order valence-corrected chi connectivity index (χ4v) is 6.85. The van der Waals surface area contributed by atoms with Crippen molar-refractivity contribution in [1.29, 1.82) is 0 Å². The zero-order valence-electron chi connectivity index (χ0n) is 19.6. The van der Waals surface area contributed by atoms with Crippen LogP contribution >= 0.6 is 11.6 Å². The molecule has 35 heavy (non-hydrogen) atoms. The van der Waals surface area contributed by atoms with E-state index in [0.29, 0.717) is 12.0 Å². The van der Waals surface area contributed by atoms with E-state index in [1.54, 1.807) is 0 Å². The number of anilines is 1. The van der Waals surface area contributed by atoms with Gasteiger partial charge in [-0.1, -0.05) is 23.7 Å². The Labute approximate surface area is 207 Å². The van der Waals surface area contributed by atoms with Gasteiger partial charge in [0.1, 0.15) is 16.2 Å². The number of aromatic nitrogens is 3. The molecule has 4 heterocycles. The van der Waals surface area contributed by atoms with E-state index in [9.17, 15) is 4.79 Å². The van der Waals surface area contributed by atoms with Gasteiger partial charge in [0.05, 0.1) is 5.92 Å². The highest BCUT2D eigenvalue weighted by Crippen LogP contribution is 2.46. The number of halogens is 1. The lowest BCUT2D eigenvalue weighted by atomic mass is 9.72. The van der Waals surface area contributed by atoms with Crippen LogP contribution in [0.25, 0.3) is 21.9 Å². The van der Waals surface area contributed by atoms with Crippen molar-refractivity contribution in [2.45, 2.75) is 24.8 Å². The number of piperazine rings is 1. The molecule has 0 spiro atoms. The summed E-state index contributed by atoms with van der Waals surface area (Å²) in [7, 11) is 2.16. The molecule has 180 valence electrons. The van der Waals surface area contributed by atoms with Gasteiger partial charge in [-0.3, -0.25) is 4.79 Å². The predicted molar refractivity (Wildman–Crippen MR) is 135 cm³/mol. The molecule has 0 saturated carbocycles. The number of piperidine rings is 1. The highest BCUT2D eigenvalue weighted by molar-refractivity contribution is 6.32. The topological polar surface area (TPSA) is 81.5 Å². The van der Waals surface area contributed by atoms with Crippen LogP contribution in [0.1, 0.15) is 23.5 Å². The molecule has 3 atom stereocenters. The molecule has 2 fully saturated rings. The van der Waals surface area contributed by atoms with Gasteiger partial charge in [0.25, 0.3) is 0 Å². The first-order valence-corrected chi connectivity index (χ1v) is 12.7. The average molecular weight is 491 g/mol. The van der Waals surface area contributed by atoms with Crippen LogP contribution in [0.15, 0.2) is 41.0 Å². The number of hydrogen-bond acceptors (Lipinski definition) is 6. The van der Waals surface area contributed by atoms with Crippen LogP contribution in [0.3, 0.4) is 0 Å². The summed E-state index contributed by atoms with van der Waals surface area (Å²) in [5, 5.41) is 9.87. The minimum atomic E-state index is 0.0107. The number of likely N-dealkylation sites (N-methyl/N-ethyl adjacent to an activating group) is 1. The summed E-state index contributed by atoms with van der Waals surface area (Å²) in [5.74, 6) is 0.641. The molecule has 2 aromatic heterocycles. The zero-order valence-corrected chi connectivity index (χ0v) is 20.3. The fraction of sp³-hybridized carbons (Fsp3) is 0.423. The Balaban J connectivity index is 1.08. The molecule has 9 heteroatoms. The smallest absolute Gasteiger partial charge is 0.227 e. The second kappa shape index (κ2) is 7.96. The van der Waals surface area contributed by atoms with Crippen molar-refractivity contribution in [3.63, 3.8) is 0 Å². The van der Waals surface area contributed by atoms with E-state index in [-0.39, 0.29) is 11.8 Å². The molecule has 8 nitrogen and oxygen atoms in total. The van der Waals surface area contributed by atoms with Gasteiger partial charge < -0.3 is 19.7 Å². The number of rotatable bonds is 2. The zero-order chi connectivity index (χ0) is 23.7. The lowest BCUT2D eigenvalue weighted by molar-refractivity contribution is -0.138. The maximum atomic E-state index is 13.7. The second-order valence-corrected chi connectivity index (χ2v) is 10.6. The Morgan fingerprint density at radius 1 is 1.11 bits per heavy atom. The Morgan fingerprint density at radius 3 is 2.80 bits per heavy atom. The largest absolute Gasteiger partial charge is 0.368 e. The third-order valence-electron chi connectivity index (χ3n) is 8.34. The van der Waals surface area contributed by atoms with Crippen LogP contribution in [-0.2, 0) is 11.2 Å². The molecule has 1 amide bonds. The summed E-state index contributed by atoms with van der Waals surface area (Å²) in [4.78, 5) is 23.8. The van der Waals surface area contributed by atoms with E-state index in [0.717, 1.165) is 73.0 Å². The number of likely N-dealkylation sites (tertiary alicyclic amines) is 1. The molecule has 0 unspecified atom stereocenters. The lowest BCUT2D eigenvalue weighted by Gasteiger charge is -2.46. The van der Waals surface area contributed by atoms with Crippen molar-refractivity contribution in [1.82, 2.24) is 25.1 Å². The summed E-state index contributed by atoms with van der Waals surface area (Å²) in [6, 6.07) is 12.8. The van der Waals surface area contributed by atoms with E-state index in [4.69, 9.17) is 16.2 Å². The maximum Gasteiger partial charge on any atom is 0.227 e. The van der Waals surface area contributed by atoms with Gasteiger partial charge in [0, 0.05) is 61.3 Å². The van der Waals surface area contributed by atoms with Crippen LogP contribution in [0.5, 0.6) is 0 Å². The molecule has 7 rings (SSSR count). The fourth-order valence-electron chi connectivity index (χ4n) is 6.57. The van der Waals surface area contributed by atoms with Crippen molar-refractivity contribution in [3.8, 4) is 0 Å². The van der Waals surface area contributed by atoms with E-state index in [2.05, 4.69) is 55.2 Å². The van der Waals surface area contributed by atoms with E-state index >= 15 is 0 Å². The third kappa shape index (κ3) is 3.34.